The number of aromatic nitrogens is 1. The normalized spacial score (nSPS) is 10.5. The predicted octanol–water partition coefficient (Wildman–Crippen LogP) is 3.51. The predicted molar refractivity (Wildman–Crippen MR) is 68.8 cm³/mol. The highest BCUT2D eigenvalue weighted by molar-refractivity contribution is 14.1. The Hall–Kier alpha value is -0.760. The molecule has 0 aliphatic heterocycles. The Kier molecular flexibility index (Phi) is 2.87. The summed E-state index contributed by atoms with van der Waals surface area (Å²) in [5.41, 5.74) is 0.444. The molecule has 1 heterocycles. The van der Waals surface area contributed by atoms with E-state index < -0.39 is 4.92 Å². The number of rotatable bonds is 1. The highest BCUT2D eigenvalue weighted by Gasteiger charge is 2.14. The van der Waals surface area contributed by atoms with Gasteiger partial charge in [0.1, 0.15) is 5.52 Å². The minimum absolute atomic E-state index is 0.0239. The van der Waals surface area contributed by atoms with E-state index in [1.807, 2.05) is 12.1 Å². The van der Waals surface area contributed by atoms with Crippen LogP contribution < -0.4 is 0 Å². The Morgan fingerprint density at radius 1 is 1.40 bits per heavy atom. The van der Waals surface area contributed by atoms with Crippen molar-refractivity contribution in [3.63, 3.8) is 0 Å². The fraction of sp³-hybridized carbons (Fsp3) is 0. The summed E-state index contributed by atoms with van der Waals surface area (Å²) in [7, 11) is 0. The number of non-ortho nitro benzene ring substituents is 1. The molecule has 1 aromatic heterocycles. The largest absolute Gasteiger partial charge is 0.296 e. The van der Waals surface area contributed by atoms with Gasteiger partial charge in [0.05, 0.1) is 4.92 Å². The van der Waals surface area contributed by atoms with Gasteiger partial charge < -0.3 is 0 Å². The van der Waals surface area contributed by atoms with Gasteiger partial charge in [0.15, 0.2) is 0 Å². The number of hydrogen-bond donors (Lipinski definition) is 0. The molecule has 0 amide bonds. The second kappa shape index (κ2) is 4.01. The third-order valence-corrected chi connectivity index (χ3v) is 2.94. The maximum atomic E-state index is 10.8. The third kappa shape index (κ3) is 2.10. The highest BCUT2D eigenvalue weighted by Crippen LogP contribution is 2.28. The first kappa shape index (κ1) is 10.7. The van der Waals surface area contributed by atoms with Crippen LogP contribution >= 0.6 is 38.5 Å². The molecule has 6 heteroatoms. The molecule has 0 bridgehead atoms. The maximum Gasteiger partial charge on any atom is 0.296 e. The second-order valence-electron chi connectivity index (χ2n) is 2.91. The summed E-state index contributed by atoms with van der Waals surface area (Å²) in [6.07, 6.45) is 1.61. The van der Waals surface area contributed by atoms with Gasteiger partial charge in [-0.05, 0) is 34.7 Å². The molecule has 0 N–H and O–H groups in total. The molecular formula is C9H4BrIN2O2. The summed E-state index contributed by atoms with van der Waals surface area (Å²) in [6, 6.07) is 5.14. The first-order chi connectivity index (χ1) is 7.08. The molecule has 76 valence electrons. The zero-order chi connectivity index (χ0) is 11.0. The number of benzene rings is 1. The van der Waals surface area contributed by atoms with Gasteiger partial charge in [0.2, 0.25) is 0 Å². The molecule has 0 radical (unpaired) electrons. The second-order valence-corrected chi connectivity index (χ2v) is 5.07. The first-order valence-corrected chi connectivity index (χ1v) is 5.84. The lowest BCUT2D eigenvalue weighted by molar-refractivity contribution is -0.383. The van der Waals surface area contributed by atoms with E-state index in [2.05, 4.69) is 43.5 Å². The number of hydrogen-bond acceptors (Lipinski definition) is 3. The van der Waals surface area contributed by atoms with Crippen LogP contribution in [0.5, 0.6) is 0 Å². The summed E-state index contributed by atoms with van der Waals surface area (Å²) < 4.78 is 1.64. The molecule has 2 rings (SSSR count). The monoisotopic (exact) mass is 378 g/mol. The van der Waals surface area contributed by atoms with E-state index in [-0.39, 0.29) is 5.69 Å². The van der Waals surface area contributed by atoms with Crippen molar-refractivity contribution in [1.29, 1.82) is 0 Å². The fourth-order valence-corrected chi connectivity index (χ4v) is 2.25. The third-order valence-electron chi connectivity index (χ3n) is 1.89. The quantitative estimate of drug-likeness (QED) is 0.433. The van der Waals surface area contributed by atoms with Crippen LogP contribution in [0.25, 0.3) is 10.9 Å². The number of halogens is 2. The molecule has 0 fully saturated rings. The van der Waals surface area contributed by atoms with Crippen molar-refractivity contribution in [2.24, 2.45) is 0 Å². The number of nitro groups is 1. The Morgan fingerprint density at radius 3 is 2.80 bits per heavy atom. The number of pyridine rings is 1. The summed E-state index contributed by atoms with van der Waals surface area (Å²) >= 11 is 5.36. The van der Waals surface area contributed by atoms with Crippen LogP contribution in [0, 0.1) is 13.7 Å². The topological polar surface area (TPSA) is 56.0 Å². The lowest BCUT2D eigenvalue weighted by atomic mass is 10.2. The molecule has 15 heavy (non-hydrogen) atoms. The van der Waals surface area contributed by atoms with Crippen LogP contribution in [0.4, 0.5) is 5.69 Å². The van der Waals surface area contributed by atoms with Crippen molar-refractivity contribution < 1.29 is 4.92 Å². The highest BCUT2D eigenvalue weighted by atomic mass is 127. The zero-order valence-electron chi connectivity index (χ0n) is 7.28. The maximum absolute atomic E-state index is 10.8. The van der Waals surface area contributed by atoms with Gasteiger partial charge in [0.25, 0.3) is 5.69 Å². The van der Waals surface area contributed by atoms with Crippen LogP contribution in [0.1, 0.15) is 0 Å². The van der Waals surface area contributed by atoms with E-state index in [1.165, 1.54) is 6.07 Å². The van der Waals surface area contributed by atoms with Crippen molar-refractivity contribution in [2.75, 3.05) is 0 Å². The van der Waals surface area contributed by atoms with E-state index in [4.69, 9.17) is 0 Å². The summed E-state index contributed by atoms with van der Waals surface area (Å²) in [4.78, 5) is 14.4. The van der Waals surface area contributed by atoms with Gasteiger partial charge in [0, 0.05) is 25.7 Å². The van der Waals surface area contributed by atoms with Gasteiger partial charge in [-0.15, -0.1) is 0 Å². The van der Waals surface area contributed by atoms with Gasteiger partial charge in [-0.2, -0.15) is 0 Å². The molecule has 0 saturated carbocycles. The summed E-state index contributed by atoms with van der Waals surface area (Å²) in [6.45, 7) is 0. The Balaban J connectivity index is 2.86. The standard InChI is InChI=1S/C9H4BrIN2O2/c10-6-1-5-2-7(11)4-12-9(5)8(3-6)13(14)15/h1-4H. The van der Waals surface area contributed by atoms with Gasteiger partial charge in [-0.1, -0.05) is 15.9 Å². The molecular weight excluding hydrogens is 375 g/mol. The van der Waals surface area contributed by atoms with E-state index >= 15 is 0 Å². The van der Waals surface area contributed by atoms with Crippen molar-refractivity contribution in [3.05, 3.63) is 42.6 Å². The van der Waals surface area contributed by atoms with Crippen molar-refractivity contribution in [2.45, 2.75) is 0 Å². The van der Waals surface area contributed by atoms with Crippen LogP contribution in [-0.4, -0.2) is 9.91 Å². The smallest absolute Gasteiger partial charge is 0.258 e. The number of fused-ring (bicyclic) bond motifs is 1. The molecule has 0 unspecified atom stereocenters. The van der Waals surface area contributed by atoms with Crippen LogP contribution in [0.2, 0.25) is 0 Å². The SMILES string of the molecule is O=[N+]([O-])c1cc(Br)cc2cc(I)cnc12. The molecule has 2 aromatic rings. The van der Waals surface area contributed by atoms with Crippen molar-refractivity contribution >= 4 is 55.1 Å². The molecule has 1 aromatic carbocycles. The molecule has 0 aliphatic rings. The summed E-state index contributed by atoms with van der Waals surface area (Å²) in [5.74, 6) is 0. The van der Waals surface area contributed by atoms with Crippen LogP contribution in [0.3, 0.4) is 0 Å². The van der Waals surface area contributed by atoms with E-state index in [0.717, 1.165) is 8.96 Å². The first-order valence-electron chi connectivity index (χ1n) is 3.97. The molecule has 0 saturated heterocycles. The minimum Gasteiger partial charge on any atom is -0.258 e. The van der Waals surface area contributed by atoms with E-state index in [9.17, 15) is 10.1 Å². The lowest BCUT2D eigenvalue weighted by Crippen LogP contribution is -1.92. The summed E-state index contributed by atoms with van der Waals surface area (Å²) in [5, 5.41) is 11.6. The fourth-order valence-electron chi connectivity index (χ4n) is 1.31. The van der Waals surface area contributed by atoms with Crippen LogP contribution in [-0.2, 0) is 0 Å². The number of nitrogens with zero attached hydrogens (tertiary/aromatic N) is 2. The van der Waals surface area contributed by atoms with Gasteiger partial charge >= 0.3 is 0 Å². The van der Waals surface area contributed by atoms with Crippen molar-refractivity contribution in [1.82, 2.24) is 4.98 Å². The van der Waals surface area contributed by atoms with Gasteiger partial charge in [-0.3, -0.25) is 10.1 Å². The lowest BCUT2D eigenvalue weighted by Gasteiger charge is -2.00. The van der Waals surface area contributed by atoms with E-state index in [1.54, 1.807) is 6.20 Å². The number of nitro benzene ring substituents is 1. The minimum atomic E-state index is -0.424. The molecule has 4 nitrogen and oxygen atoms in total. The average molecular weight is 379 g/mol. The molecule has 0 atom stereocenters. The van der Waals surface area contributed by atoms with Gasteiger partial charge in [-0.25, -0.2) is 4.98 Å². The molecule has 0 spiro atoms. The zero-order valence-corrected chi connectivity index (χ0v) is 11.0. The van der Waals surface area contributed by atoms with Crippen molar-refractivity contribution in [3.8, 4) is 0 Å². The van der Waals surface area contributed by atoms with Crippen LogP contribution in [0.15, 0.2) is 28.9 Å². The Morgan fingerprint density at radius 2 is 2.13 bits per heavy atom. The Labute approximate surface area is 107 Å². The average Bonchev–Trinajstić information content (AvgIpc) is 2.15. The van der Waals surface area contributed by atoms with E-state index in [0.29, 0.717) is 9.99 Å². The Bertz CT molecular complexity index is 554. The molecule has 0 aliphatic carbocycles.